The minimum Gasteiger partial charge on any atom is -0.376 e. The number of rotatable bonds is 2. The summed E-state index contributed by atoms with van der Waals surface area (Å²) in [7, 11) is 0. The topological polar surface area (TPSA) is 26.3 Å². The Hall–Kier alpha value is -0.630. The molecule has 1 rings (SSSR count). The molecule has 0 radical (unpaired) electrons. The maximum Gasteiger partial charge on any atom is 0.120 e. The number of aldehydes is 1. The second kappa shape index (κ2) is 2.78. The smallest absolute Gasteiger partial charge is 0.120 e. The van der Waals surface area contributed by atoms with E-state index in [1.54, 1.807) is 0 Å². The largest absolute Gasteiger partial charge is 0.376 e. The van der Waals surface area contributed by atoms with E-state index in [1.165, 1.54) is 0 Å². The highest BCUT2D eigenvalue weighted by Gasteiger charge is 2.18. The number of carbonyl (C=O) groups is 1. The molecule has 0 aromatic heterocycles. The van der Waals surface area contributed by atoms with Gasteiger partial charge in [-0.2, -0.15) is 0 Å². The average molecular weight is 126 g/mol. The zero-order chi connectivity index (χ0) is 6.69. The minimum atomic E-state index is 0.294. The molecule has 9 heavy (non-hydrogen) atoms. The van der Waals surface area contributed by atoms with Gasteiger partial charge in [0.05, 0.1) is 13.2 Å². The van der Waals surface area contributed by atoms with Crippen LogP contribution in [0.25, 0.3) is 0 Å². The Balaban J connectivity index is 2.39. The lowest BCUT2D eigenvalue weighted by atomic mass is 10.0. The minimum absolute atomic E-state index is 0.294. The fraction of sp³-hybridized carbons (Fsp3) is 0.571. The van der Waals surface area contributed by atoms with Gasteiger partial charge in [-0.3, -0.25) is 0 Å². The Morgan fingerprint density at radius 2 is 2.67 bits per heavy atom. The predicted molar refractivity (Wildman–Crippen MR) is 34.1 cm³/mol. The molecule has 1 heterocycles. The highest BCUT2D eigenvalue weighted by atomic mass is 16.5. The molecule has 1 saturated heterocycles. The number of hydrogen-bond acceptors (Lipinski definition) is 2. The Labute approximate surface area is 54.5 Å². The Kier molecular flexibility index (Phi) is 2.01. The van der Waals surface area contributed by atoms with Crippen molar-refractivity contribution in [1.82, 2.24) is 0 Å². The van der Waals surface area contributed by atoms with Crippen molar-refractivity contribution < 1.29 is 9.53 Å². The van der Waals surface area contributed by atoms with Gasteiger partial charge in [-0.1, -0.05) is 6.58 Å². The first-order chi connectivity index (χ1) is 4.34. The molecule has 2 heteroatoms. The Morgan fingerprint density at radius 3 is 3.11 bits per heavy atom. The molecule has 50 valence electrons. The molecular weight excluding hydrogens is 116 g/mol. The summed E-state index contributed by atoms with van der Waals surface area (Å²) >= 11 is 0. The third-order valence-corrected chi connectivity index (χ3v) is 1.56. The van der Waals surface area contributed by atoms with Crippen molar-refractivity contribution >= 4 is 6.29 Å². The summed E-state index contributed by atoms with van der Waals surface area (Å²) in [4.78, 5) is 10.0. The van der Waals surface area contributed by atoms with E-state index in [2.05, 4.69) is 6.58 Å². The summed E-state index contributed by atoms with van der Waals surface area (Å²) in [5.74, 6) is 0.294. The number of carbonyl (C=O) groups excluding carboxylic acids is 1. The van der Waals surface area contributed by atoms with Gasteiger partial charge >= 0.3 is 0 Å². The fourth-order valence-electron chi connectivity index (χ4n) is 0.919. The second-order valence-corrected chi connectivity index (χ2v) is 2.27. The summed E-state index contributed by atoms with van der Waals surface area (Å²) in [5.41, 5.74) is 1.06. The quantitative estimate of drug-likeness (QED) is 0.403. The van der Waals surface area contributed by atoms with Crippen LogP contribution in [-0.2, 0) is 9.53 Å². The molecule has 0 aliphatic carbocycles. The first-order valence-electron chi connectivity index (χ1n) is 3.03. The molecule has 1 atom stereocenters. The molecule has 1 aliphatic rings. The van der Waals surface area contributed by atoms with E-state index in [0.717, 1.165) is 11.9 Å². The summed E-state index contributed by atoms with van der Waals surface area (Å²) in [5, 5.41) is 0. The molecule has 0 N–H and O–H groups in total. The van der Waals surface area contributed by atoms with Gasteiger partial charge in [0.25, 0.3) is 0 Å². The van der Waals surface area contributed by atoms with Crippen LogP contribution in [-0.4, -0.2) is 19.5 Å². The maximum atomic E-state index is 10.0. The van der Waals surface area contributed by atoms with Crippen LogP contribution in [0.5, 0.6) is 0 Å². The van der Waals surface area contributed by atoms with Crippen LogP contribution in [0.15, 0.2) is 12.2 Å². The van der Waals surface area contributed by atoms with Crippen LogP contribution in [0, 0.1) is 5.92 Å². The fourth-order valence-corrected chi connectivity index (χ4v) is 0.919. The third-order valence-electron chi connectivity index (χ3n) is 1.56. The van der Waals surface area contributed by atoms with Crippen molar-refractivity contribution in [2.24, 2.45) is 5.92 Å². The van der Waals surface area contributed by atoms with E-state index in [-0.39, 0.29) is 0 Å². The van der Waals surface area contributed by atoms with Gasteiger partial charge in [0, 0.05) is 12.3 Å². The summed E-state index contributed by atoms with van der Waals surface area (Å²) in [6.45, 7) is 5.09. The molecular formula is C7H10O2. The van der Waals surface area contributed by atoms with Crippen molar-refractivity contribution in [1.29, 1.82) is 0 Å². The summed E-state index contributed by atoms with van der Waals surface area (Å²) in [6.07, 6.45) is 1.49. The van der Waals surface area contributed by atoms with Crippen molar-refractivity contribution in [2.75, 3.05) is 13.2 Å². The van der Waals surface area contributed by atoms with E-state index < -0.39 is 0 Å². The van der Waals surface area contributed by atoms with E-state index in [0.29, 0.717) is 25.6 Å². The molecule has 1 unspecified atom stereocenters. The van der Waals surface area contributed by atoms with Crippen LogP contribution < -0.4 is 0 Å². The van der Waals surface area contributed by atoms with E-state index >= 15 is 0 Å². The SMILES string of the molecule is C=C1COCC1CC=O. The van der Waals surface area contributed by atoms with E-state index in [9.17, 15) is 4.79 Å². The van der Waals surface area contributed by atoms with Gasteiger partial charge in [0.2, 0.25) is 0 Å². The van der Waals surface area contributed by atoms with Crippen molar-refractivity contribution in [2.45, 2.75) is 6.42 Å². The third kappa shape index (κ3) is 1.39. The lowest BCUT2D eigenvalue weighted by Crippen LogP contribution is -2.00. The van der Waals surface area contributed by atoms with E-state index in [1.807, 2.05) is 0 Å². The van der Waals surface area contributed by atoms with Crippen LogP contribution in [0.2, 0.25) is 0 Å². The predicted octanol–water partition coefficient (Wildman–Crippen LogP) is 0.778. The van der Waals surface area contributed by atoms with Gasteiger partial charge in [-0.15, -0.1) is 0 Å². The van der Waals surface area contributed by atoms with Crippen LogP contribution in [0.1, 0.15) is 6.42 Å². The lowest BCUT2D eigenvalue weighted by Gasteiger charge is -2.00. The summed E-state index contributed by atoms with van der Waals surface area (Å²) < 4.78 is 5.06. The average Bonchev–Trinajstić information content (AvgIpc) is 2.18. The summed E-state index contributed by atoms with van der Waals surface area (Å²) in [6, 6.07) is 0. The monoisotopic (exact) mass is 126 g/mol. The van der Waals surface area contributed by atoms with Gasteiger partial charge in [-0.05, 0) is 5.57 Å². The van der Waals surface area contributed by atoms with Gasteiger partial charge < -0.3 is 9.53 Å². The van der Waals surface area contributed by atoms with Crippen molar-refractivity contribution in [3.05, 3.63) is 12.2 Å². The lowest BCUT2D eigenvalue weighted by molar-refractivity contribution is -0.108. The molecule has 1 aliphatic heterocycles. The van der Waals surface area contributed by atoms with E-state index in [4.69, 9.17) is 4.74 Å². The van der Waals surface area contributed by atoms with Crippen LogP contribution in [0.3, 0.4) is 0 Å². The standard InChI is InChI=1S/C7H10O2/c1-6-4-9-5-7(6)2-3-8/h3,7H,1-2,4-5H2. The molecule has 0 amide bonds. The maximum absolute atomic E-state index is 10.0. The molecule has 2 nitrogen and oxygen atoms in total. The van der Waals surface area contributed by atoms with Crippen molar-refractivity contribution in [3.8, 4) is 0 Å². The van der Waals surface area contributed by atoms with Gasteiger partial charge in [-0.25, -0.2) is 0 Å². The highest BCUT2D eigenvalue weighted by molar-refractivity contribution is 5.51. The molecule has 0 aromatic rings. The van der Waals surface area contributed by atoms with Gasteiger partial charge in [0.15, 0.2) is 0 Å². The number of ether oxygens (including phenoxy) is 1. The first-order valence-corrected chi connectivity index (χ1v) is 3.03. The van der Waals surface area contributed by atoms with Crippen LogP contribution >= 0.6 is 0 Å². The zero-order valence-corrected chi connectivity index (χ0v) is 5.30. The molecule has 1 fully saturated rings. The van der Waals surface area contributed by atoms with Crippen molar-refractivity contribution in [3.63, 3.8) is 0 Å². The zero-order valence-electron chi connectivity index (χ0n) is 5.30. The number of hydrogen-bond donors (Lipinski definition) is 0. The normalized spacial score (nSPS) is 26.7. The molecule has 0 saturated carbocycles. The molecule has 0 bridgehead atoms. The Bertz CT molecular complexity index is 129. The first kappa shape index (κ1) is 6.49. The highest BCUT2D eigenvalue weighted by Crippen LogP contribution is 2.19. The Morgan fingerprint density at radius 1 is 1.89 bits per heavy atom. The van der Waals surface area contributed by atoms with Crippen LogP contribution in [0.4, 0.5) is 0 Å². The molecule has 0 spiro atoms. The second-order valence-electron chi connectivity index (χ2n) is 2.27. The molecule has 0 aromatic carbocycles. The van der Waals surface area contributed by atoms with Gasteiger partial charge in [0.1, 0.15) is 6.29 Å².